The van der Waals surface area contributed by atoms with E-state index in [0.29, 0.717) is 24.7 Å². The van der Waals surface area contributed by atoms with Gasteiger partial charge in [-0.05, 0) is 40.0 Å². The second-order valence-corrected chi connectivity index (χ2v) is 5.25. The van der Waals surface area contributed by atoms with Gasteiger partial charge in [0.15, 0.2) is 11.5 Å². The lowest BCUT2D eigenvalue weighted by atomic mass is 10.2. The maximum Gasteiger partial charge on any atom is 0.175 e. The van der Waals surface area contributed by atoms with Gasteiger partial charge in [-0.1, -0.05) is 6.92 Å². The Morgan fingerprint density at radius 3 is 2.55 bits per heavy atom. The van der Waals surface area contributed by atoms with E-state index in [4.69, 9.17) is 19.7 Å². The molecule has 0 atom stereocenters. The number of ether oxygens (including phenoxy) is 2. The number of nitrogens with one attached hydrogen (secondary N) is 1. The minimum Gasteiger partial charge on any atom is -0.493 e. The Hall–Kier alpha value is -0.820. The van der Waals surface area contributed by atoms with Crippen LogP contribution in [0.1, 0.15) is 18.9 Å². The summed E-state index contributed by atoms with van der Waals surface area (Å²) in [4.78, 5) is 0. The number of methoxy groups -OCH3 is 1. The minimum atomic E-state index is -0.323. The van der Waals surface area contributed by atoms with Crippen LogP contribution in [0, 0.1) is 0 Å². The molecule has 0 unspecified atom stereocenters. The molecule has 0 aliphatic carbocycles. The summed E-state index contributed by atoms with van der Waals surface area (Å²) in [5.74, 6) is 1.35. The maximum absolute atomic E-state index is 9.02. The summed E-state index contributed by atoms with van der Waals surface area (Å²) in [5, 5.41) is 21.1. The zero-order chi connectivity index (χ0) is 15.0. The van der Waals surface area contributed by atoms with Gasteiger partial charge in [-0.3, -0.25) is 0 Å². The van der Waals surface area contributed by atoms with Gasteiger partial charge in [0.25, 0.3) is 0 Å². The normalized spacial score (nSPS) is 10.9. The van der Waals surface area contributed by atoms with Gasteiger partial charge in [-0.2, -0.15) is 0 Å². The van der Waals surface area contributed by atoms with Gasteiger partial charge in [0, 0.05) is 6.54 Å². The molecule has 0 aromatic heterocycles. The van der Waals surface area contributed by atoms with Gasteiger partial charge in [-0.15, -0.1) is 0 Å². The van der Waals surface area contributed by atoms with E-state index in [2.05, 4.69) is 21.2 Å². The molecule has 0 aliphatic rings. The predicted octanol–water partition coefficient (Wildman–Crippen LogP) is 1.69. The molecule has 1 rings (SSSR count). The number of aliphatic hydroxyl groups is 2. The van der Waals surface area contributed by atoms with Gasteiger partial charge in [0.1, 0.15) is 0 Å². The Bertz CT molecular complexity index is 410. The highest BCUT2D eigenvalue weighted by Crippen LogP contribution is 2.36. The van der Waals surface area contributed by atoms with E-state index in [-0.39, 0.29) is 19.3 Å². The van der Waals surface area contributed by atoms with Crippen LogP contribution in [0.4, 0.5) is 0 Å². The van der Waals surface area contributed by atoms with Crippen molar-refractivity contribution in [3.05, 3.63) is 22.2 Å². The molecule has 0 aliphatic heterocycles. The van der Waals surface area contributed by atoms with E-state index in [1.807, 2.05) is 19.1 Å². The zero-order valence-corrected chi connectivity index (χ0v) is 13.4. The number of halogens is 1. The Morgan fingerprint density at radius 1 is 1.30 bits per heavy atom. The van der Waals surface area contributed by atoms with Crippen molar-refractivity contribution < 1.29 is 19.7 Å². The average Bonchev–Trinajstić information content (AvgIpc) is 2.46. The van der Waals surface area contributed by atoms with Crippen molar-refractivity contribution in [2.75, 3.05) is 26.9 Å². The topological polar surface area (TPSA) is 71.0 Å². The molecule has 0 amide bonds. The first kappa shape index (κ1) is 17.2. The molecule has 20 heavy (non-hydrogen) atoms. The molecule has 3 N–H and O–H groups in total. The molecule has 0 fully saturated rings. The van der Waals surface area contributed by atoms with Crippen molar-refractivity contribution in [1.29, 1.82) is 0 Å². The monoisotopic (exact) mass is 347 g/mol. The van der Waals surface area contributed by atoms with E-state index in [9.17, 15) is 0 Å². The molecule has 114 valence electrons. The van der Waals surface area contributed by atoms with Crippen molar-refractivity contribution in [2.24, 2.45) is 0 Å². The Kier molecular flexibility index (Phi) is 7.91. The fourth-order valence-corrected chi connectivity index (χ4v) is 2.27. The molecule has 6 heteroatoms. The summed E-state index contributed by atoms with van der Waals surface area (Å²) in [6, 6.07) is 3.50. The van der Waals surface area contributed by atoms with E-state index >= 15 is 0 Å². The molecular formula is C14H22BrNO4. The molecule has 0 saturated heterocycles. The maximum atomic E-state index is 9.02. The highest BCUT2D eigenvalue weighted by molar-refractivity contribution is 9.10. The van der Waals surface area contributed by atoms with Crippen molar-refractivity contribution in [3.8, 4) is 11.5 Å². The summed E-state index contributed by atoms with van der Waals surface area (Å²) < 4.78 is 11.8. The number of hydrogen-bond acceptors (Lipinski definition) is 5. The van der Waals surface area contributed by atoms with E-state index < -0.39 is 0 Å². The number of rotatable bonds is 9. The van der Waals surface area contributed by atoms with Crippen LogP contribution in [0.5, 0.6) is 11.5 Å². The second-order valence-electron chi connectivity index (χ2n) is 4.40. The number of hydrogen-bond donors (Lipinski definition) is 3. The number of benzene rings is 1. The first-order chi connectivity index (χ1) is 9.65. The third-order valence-corrected chi connectivity index (χ3v) is 3.36. The van der Waals surface area contributed by atoms with Gasteiger partial charge < -0.3 is 25.0 Å². The fourth-order valence-electron chi connectivity index (χ4n) is 1.67. The molecule has 5 nitrogen and oxygen atoms in total. The Labute approximate surface area is 128 Å². The van der Waals surface area contributed by atoms with Crippen molar-refractivity contribution in [2.45, 2.75) is 25.9 Å². The lowest BCUT2D eigenvalue weighted by Crippen LogP contribution is -2.35. The quantitative estimate of drug-likeness (QED) is 0.634. The lowest BCUT2D eigenvalue weighted by Gasteiger charge is -2.16. The zero-order valence-electron chi connectivity index (χ0n) is 11.9. The highest BCUT2D eigenvalue weighted by Gasteiger charge is 2.12. The summed E-state index contributed by atoms with van der Waals surface area (Å²) in [6.07, 6.45) is 0.924. The van der Waals surface area contributed by atoms with Crippen LogP contribution in [0.25, 0.3) is 0 Å². The molecule has 0 spiro atoms. The smallest absolute Gasteiger partial charge is 0.175 e. The predicted molar refractivity (Wildman–Crippen MR) is 81.3 cm³/mol. The summed E-state index contributed by atoms with van der Waals surface area (Å²) in [7, 11) is 1.60. The van der Waals surface area contributed by atoms with Crippen LogP contribution in [-0.4, -0.2) is 43.2 Å². The third-order valence-electron chi connectivity index (χ3n) is 2.78. The van der Waals surface area contributed by atoms with Crippen molar-refractivity contribution in [1.82, 2.24) is 5.32 Å². The van der Waals surface area contributed by atoms with Crippen LogP contribution in [-0.2, 0) is 6.54 Å². The summed E-state index contributed by atoms with van der Waals surface area (Å²) in [6.45, 7) is 2.99. The number of aliphatic hydroxyl groups excluding tert-OH is 2. The highest BCUT2D eigenvalue weighted by atomic mass is 79.9. The molecule has 0 heterocycles. The van der Waals surface area contributed by atoms with Gasteiger partial charge in [-0.25, -0.2) is 0 Å². The van der Waals surface area contributed by atoms with Crippen LogP contribution >= 0.6 is 15.9 Å². The fraction of sp³-hybridized carbons (Fsp3) is 0.571. The van der Waals surface area contributed by atoms with E-state index in [0.717, 1.165) is 16.5 Å². The second kappa shape index (κ2) is 9.18. The SMILES string of the molecule is CCCOc1c(Br)cc(CNC(CO)CO)cc1OC. The van der Waals surface area contributed by atoms with Crippen molar-refractivity contribution >= 4 is 15.9 Å². The van der Waals surface area contributed by atoms with E-state index in [1.165, 1.54) is 0 Å². The standard InChI is InChI=1S/C14H22BrNO4/c1-3-4-20-14-12(15)5-10(6-13(14)19-2)7-16-11(8-17)9-18/h5-6,11,16-18H,3-4,7-9H2,1-2H3. The molecule has 0 radical (unpaired) electrons. The first-order valence-electron chi connectivity index (χ1n) is 6.60. The Morgan fingerprint density at radius 2 is 2.00 bits per heavy atom. The molecule has 1 aromatic carbocycles. The van der Waals surface area contributed by atoms with E-state index in [1.54, 1.807) is 7.11 Å². The van der Waals surface area contributed by atoms with Crippen LogP contribution in [0.3, 0.4) is 0 Å². The van der Waals surface area contributed by atoms with Crippen molar-refractivity contribution in [3.63, 3.8) is 0 Å². The lowest BCUT2D eigenvalue weighted by molar-refractivity contribution is 0.170. The molecule has 0 saturated carbocycles. The average molecular weight is 348 g/mol. The third kappa shape index (κ3) is 4.94. The minimum absolute atomic E-state index is 0.105. The van der Waals surface area contributed by atoms with Crippen LogP contribution in [0.2, 0.25) is 0 Å². The largest absolute Gasteiger partial charge is 0.493 e. The van der Waals surface area contributed by atoms with Crippen LogP contribution < -0.4 is 14.8 Å². The van der Waals surface area contributed by atoms with Crippen LogP contribution in [0.15, 0.2) is 16.6 Å². The summed E-state index contributed by atoms with van der Waals surface area (Å²) in [5.41, 5.74) is 0.976. The van der Waals surface area contributed by atoms with Gasteiger partial charge >= 0.3 is 0 Å². The molecular weight excluding hydrogens is 326 g/mol. The first-order valence-corrected chi connectivity index (χ1v) is 7.39. The van der Waals surface area contributed by atoms with Gasteiger partial charge in [0.05, 0.1) is 37.4 Å². The van der Waals surface area contributed by atoms with Gasteiger partial charge in [0.2, 0.25) is 0 Å². The molecule has 0 bridgehead atoms. The summed E-state index contributed by atoms with van der Waals surface area (Å²) >= 11 is 3.48. The Balaban J connectivity index is 2.81. The molecule has 1 aromatic rings.